The quantitative estimate of drug-likeness (QED) is 0.555. The summed E-state index contributed by atoms with van der Waals surface area (Å²) in [4.78, 5) is 28.6. The third kappa shape index (κ3) is 4.99. The van der Waals surface area contributed by atoms with Gasteiger partial charge in [-0.15, -0.1) is 11.3 Å². The van der Waals surface area contributed by atoms with Crippen LogP contribution in [0.15, 0.2) is 53.1 Å². The van der Waals surface area contributed by atoms with Gasteiger partial charge in [-0.2, -0.15) is 0 Å². The lowest BCUT2D eigenvalue weighted by molar-refractivity contribution is -0.129. The van der Waals surface area contributed by atoms with Crippen molar-refractivity contribution in [3.63, 3.8) is 0 Å². The van der Waals surface area contributed by atoms with Gasteiger partial charge >= 0.3 is 0 Å². The number of ketones is 1. The Labute approximate surface area is 182 Å². The maximum absolute atomic E-state index is 13.1. The average molecular weight is 428 g/mol. The summed E-state index contributed by atoms with van der Waals surface area (Å²) in [5.41, 5.74) is 2.30. The molecule has 0 spiro atoms. The fraction of sp³-hybridized carbons (Fsp3) is 0.417. The highest BCUT2D eigenvalue weighted by molar-refractivity contribution is 7.10. The highest BCUT2D eigenvalue weighted by Crippen LogP contribution is 2.41. The van der Waals surface area contributed by atoms with Crippen molar-refractivity contribution in [3.8, 4) is 0 Å². The van der Waals surface area contributed by atoms with Gasteiger partial charge in [-0.1, -0.05) is 30.3 Å². The lowest BCUT2D eigenvalue weighted by Gasteiger charge is -2.26. The van der Waals surface area contributed by atoms with Crippen molar-refractivity contribution in [3.05, 3.63) is 69.1 Å². The van der Waals surface area contributed by atoms with E-state index in [2.05, 4.69) is 0 Å². The summed E-state index contributed by atoms with van der Waals surface area (Å²) >= 11 is 1.51. The monoisotopic (exact) mass is 427 g/mol. The molecular formula is C24H29NO4S. The molecule has 160 valence electrons. The molecule has 1 aliphatic rings. The van der Waals surface area contributed by atoms with Gasteiger partial charge in [-0.05, 0) is 56.2 Å². The maximum Gasteiger partial charge on any atom is 0.290 e. The Balaban J connectivity index is 1.81. The standard InChI is InChI=1S/C24H29NO4S/c1-16(2)29-14-7-13-25-21(23-17(3)12-15-30-23)20(22(27)24(25)28)19(26)11-10-18-8-5-4-6-9-18/h4-6,8-9,12,15-16,21,27H,7,10-11,13-14H2,1-3H3. The van der Waals surface area contributed by atoms with E-state index in [1.165, 1.54) is 11.3 Å². The summed E-state index contributed by atoms with van der Waals surface area (Å²) in [6, 6.07) is 11.2. The lowest BCUT2D eigenvalue weighted by atomic mass is 9.96. The lowest BCUT2D eigenvalue weighted by Crippen LogP contribution is -2.32. The number of hydrogen-bond acceptors (Lipinski definition) is 5. The molecular weight excluding hydrogens is 398 g/mol. The zero-order valence-corrected chi connectivity index (χ0v) is 18.6. The highest BCUT2D eigenvalue weighted by atomic mass is 32.1. The molecule has 2 aromatic rings. The van der Waals surface area contributed by atoms with Gasteiger partial charge in [0.05, 0.1) is 17.7 Å². The molecule has 6 heteroatoms. The first-order valence-electron chi connectivity index (χ1n) is 10.4. The van der Waals surface area contributed by atoms with Crippen LogP contribution < -0.4 is 0 Å². The van der Waals surface area contributed by atoms with E-state index in [0.29, 0.717) is 26.0 Å². The van der Waals surface area contributed by atoms with Gasteiger partial charge in [0.2, 0.25) is 0 Å². The van der Waals surface area contributed by atoms with E-state index in [-0.39, 0.29) is 23.9 Å². The van der Waals surface area contributed by atoms with E-state index in [0.717, 1.165) is 16.0 Å². The normalized spacial score (nSPS) is 16.7. The number of amides is 1. The molecule has 1 atom stereocenters. The third-order valence-corrected chi connectivity index (χ3v) is 6.30. The van der Waals surface area contributed by atoms with Crippen LogP contribution in [-0.2, 0) is 20.7 Å². The van der Waals surface area contributed by atoms with Crippen LogP contribution in [0.2, 0.25) is 0 Å². The minimum absolute atomic E-state index is 0.122. The van der Waals surface area contributed by atoms with Gasteiger partial charge in [-0.3, -0.25) is 9.59 Å². The van der Waals surface area contributed by atoms with Crippen molar-refractivity contribution in [1.29, 1.82) is 0 Å². The summed E-state index contributed by atoms with van der Waals surface area (Å²) in [5.74, 6) is -1.06. The molecule has 30 heavy (non-hydrogen) atoms. The van der Waals surface area contributed by atoms with Crippen LogP contribution in [0, 0.1) is 6.92 Å². The van der Waals surface area contributed by atoms with Crippen LogP contribution in [0.25, 0.3) is 0 Å². The fourth-order valence-corrected chi connectivity index (χ4v) is 4.74. The summed E-state index contributed by atoms with van der Waals surface area (Å²) < 4.78 is 5.60. The number of benzene rings is 1. The Morgan fingerprint density at radius 1 is 1.23 bits per heavy atom. The Bertz CT molecular complexity index is 916. The van der Waals surface area contributed by atoms with Gasteiger partial charge in [0.1, 0.15) is 0 Å². The molecule has 1 N–H and O–H groups in total. The Kier molecular flexibility index (Phi) is 7.45. The zero-order chi connectivity index (χ0) is 21.7. The minimum Gasteiger partial charge on any atom is -0.503 e. The van der Waals surface area contributed by atoms with Crippen molar-refractivity contribution in [2.24, 2.45) is 0 Å². The molecule has 1 aliphatic heterocycles. The molecule has 0 aliphatic carbocycles. The molecule has 1 aromatic heterocycles. The Morgan fingerprint density at radius 3 is 2.60 bits per heavy atom. The van der Waals surface area contributed by atoms with Gasteiger partial charge in [0, 0.05) is 24.4 Å². The van der Waals surface area contributed by atoms with Gasteiger partial charge in [0.15, 0.2) is 11.5 Å². The van der Waals surface area contributed by atoms with E-state index < -0.39 is 17.7 Å². The number of aryl methyl sites for hydroxylation is 2. The van der Waals surface area contributed by atoms with Crippen LogP contribution in [0.4, 0.5) is 0 Å². The third-order valence-electron chi connectivity index (χ3n) is 5.23. The van der Waals surface area contributed by atoms with Crippen molar-refractivity contribution < 1.29 is 19.4 Å². The summed E-state index contributed by atoms with van der Waals surface area (Å²) in [7, 11) is 0. The first kappa shape index (κ1) is 22.2. The van der Waals surface area contributed by atoms with E-state index in [4.69, 9.17) is 4.74 Å². The number of hydrogen-bond donors (Lipinski definition) is 1. The van der Waals surface area contributed by atoms with Crippen LogP contribution in [0.3, 0.4) is 0 Å². The van der Waals surface area contributed by atoms with E-state index in [9.17, 15) is 14.7 Å². The maximum atomic E-state index is 13.1. The largest absolute Gasteiger partial charge is 0.503 e. The smallest absolute Gasteiger partial charge is 0.290 e. The number of aliphatic hydroxyl groups excluding tert-OH is 1. The number of carbonyl (C=O) groups is 2. The number of Topliss-reactive ketones (excluding diaryl/α,β-unsaturated/α-hetero) is 1. The van der Waals surface area contributed by atoms with E-state index >= 15 is 0 Å². The molecule has 0 fully saturated rings. The number of rotatable bonds is 10. The second-order valence-corrected chi connectivity index (χ2v) is 8.76. The Morgan fingerprint density at radius 2 is 1.97 bits per heavy atom. The van der Waals surface area contributed by atoms with Gasteiger partial charge in [0.25, 0.3) is 5.91 Å². The van der Waals surface area contributed by atoms with Gasteiger partial charge < -0.3 is 14.7 Å². The highest BCUT2D eigenvalue weighted by Gasteiger charge is 2.43. The molecule has 2 heterocycles. The molecule has 1 amide bonds. The molecule has 1 unspecified atom stereocenters. The number of thiophene rings is 1. The predicted molar refractivity (Wildman–Crippen MR) is 119 cm³/mol. The molecule has 0 saturated carbocycles. The summed E-state index contributed by atoms with van der Waals surface area (Å²) in [6.07, 6.45) is 1.59. The number of ether oxygens (including phenoxy) is 1. The number of aliphatic hydroxyl groups is 1. The van der Waals surface area contributed by atoms with Gasteiger partial charge in [-0.25, -0.2) is 0 Å². The van der Waals surface area contributed by atoms with Crippen molar-refractivity contribution in [2.45, 2.75) is 52.2 Å². The van der Waals surface area contributed by atoms with Crippen molar-refractivity contribution in [1.82, 2.24) is 4.90 Å². The predicted octanol–water partition coefficient (Wildman–Crippen LogP) is 4.77. The van der Waals surface area contributed by atoms with Crippen LogP contribution in [0.1, 0.15) is 48.7 Å². The molecule has 0 radical (unpaired) electrons. The minimum atomic E-state index is -0.528. The summed E-state index contributed by atoms with van der Waals surface area (Å²) in [6.45, 7) is 6.85. The van der Waals surface area contributed by atoms with Crippen LogP contribution >= 0.6 is 11.3 Å². The second kappa shape index (κ2) is 10.0. The first-order chi connectivity index (χ1) is 14.4. The molecule has 1 aromatic carbocycles. The number of nitrogens with zero attached hydrogens (tertiary/aromatic N) is 1. The molecule has 0 bridgehead atoms. The first-order valence-corrected chi connectivity index (χ1v) is 11.2. The van der Waals surface area contributed by atoms with Crippen LogP contribution in [0.5, 0.6) is 0 Å². The van der Waals surface area contributed by atoms with Crippen LogP contribution in [-0.4, -0.2) is 41.0 Å². The van der Waals surface area contributed by atoms with Crippen molar-refractivity contribution >= 4 is 23.0 Å². The molecule has 3 rings (SSSR count). The molecule has 0 saturated heterocycles. The van der Waals surface area contributed by atoms with E-state index in [1.54, 1.807) is 4.90 Å². The average Bonchev–Trinajstić information content (AvgIpc) is 3.25. The second-order valence-electron chi connectivity index (χ2n) is 7.81. The van der Waals surface area contributed by atoms with Crippen molar-refractivity contribution in [2.75, 3.05) is 13.2 Å². The summed E-state index contributed by atoms with van der Waals surface area (Å²) in [5, 5.41) is 12.6. The Hall–Kier alpha value is -2.44. The van der Waals surface area contributed by atoms with E-state index in [1.807, 2.05) is 62.5 Å². The molecule has 5 nitrogen and oxygen atoms in total. The zero-order valence-electron chi connectivity index (χ0n) is 17.8. The fourth-order valence-electron chi connectivity index (χ4n) is 3.70. The number of carbonyl (C=O) groups excluding carboxylic acids is 2. The topological polar surface area (TPSA) is 66.8 Å². The SMILES string of the molecule is Cc1ccsc1C1C(C(=O)CCc2ccccc2)=C(O)C(=O)N1CCCOC(C)C.